The number of hydrogen-bond donors (Lipinski definition) is 2. The van der Waals surface area contributed by atoms with E-state index in [0.717, 1.165) is 24.2 Å². The fourth-order valence-electron chi connectivity index (χ4n) is 3.95. The molecule has 33 heavy (non-hydrogen) atoms. The van der Waals surface area contributed by atoms with Crippen molar-refractivity contribution in [1.82, 2.24) is 9.97 Å². The molecule has 9 heteroatoms. The second kappa shape index (κ2) is 9.08. The third kappa shape index (κ3) is 3.75. The Kier molecular flexibility index (Phi) is 6.37. The van der Waals surface area contributed by atoms with Gasteiger partial charge in [0.05, 0.1) is 20.7 Å². The molecule has 5 nitrogen and oxygen atoms in total. The summed E-state index contributed by atoms with van der Waals surface area (Å²) in [7, 11) is 0. The molecule has 0 aliphatic rings. The molecule has 0 atom stereocenters. The average molecular weight is 486 g/mol. The number of anilines is 2. The van der Waals surface area contributed by atoms with E-state index in [1.807, 2.05) is 13.0 Å². The van der Waals surface area contributed by atoms with E-state index in [0.29, 0.717) is 41.1 Å². The minimum absolute atomic E-state index is 0.0706. The van der Waals surface area contributed by atoms with Gasteiger partial charge in [0.1, 0.15) is 34.0 Å². The first kappa shape index (κ1) is 23.1. The summed E-state index contributed by atoms with van der Waals surface area (Å²) in [6.45, 7) is 6.45. The first-order valence-corrected chi connectivity index (χ1v) is 11.9. The number of fused-ring (bicyclic) bond motifs is 2. The summed E-state index contributed by atoms with van der Waals surface area (Å²) < 4.78 is 30.9. The van der Waals surface area contributed by atoms with Crippen LogP contribution in [0.4, 0.5) is 19.6 Å². The standard InChI is InChI=1S/C24H22ClF2N5S/c1-4-6-9-30-24-16-11(3)19(25)18(20(27)21(16)31-15(5-2)32-24)12-7-8-14(26)22-17(12)13(10-28)23(29)33-22/h7-8H,4-6,9,29H2,1-3H3,(H,30,31,32). The summed E-state index contributed by atoms with van der Waals surface area (Å²) >= 11 is 7.69. The Morgan fingerprint density at radius 3 is 2.64 bits per heavy atom. The van der Waals surface area contributed by atoms with E-state index in [1.165, 1.54) is 12.1 Å². The number of nitrogen functional groups attached to an aromatic ring is 1. The van der Waals surface area contributed by atoms with Gasteiger partial charge in [0.15, 0.2) is 5.82 Å². The molecule has 3 N–H and O–H groups in total. The largest absolute Gasteiger partial charge is 0.389 e. The average Bonchev–Trinajstić information content (AvgIpc) is 3.15. The minimum atomic E-state index is -0.641. The zero-order valence-corrected chi connectivity index (χ0v) is 20.0. The number of aromatic nitrogens is 2. The van der Waals surface area contributed by atoms with Crippen LogP contribution in [-0.4, -0.2) is 16.5 Å². The number of nitrogens with zero attached hydrogens (tertiary/aromatic N) is 3. The van der Waals surface area contributed by atoms with E-state index in [-0.39, 0.29) is 36.8 Å². The van der Waals surface area contributed by atoms with E-state index >= 15 is 4.39 Å². The van der Waals surface area contributed by atoms with Crippen LogP contribution in [-0.2, 0) is 6.42 Å². The van der Waals surface area contributed by atoms with Gasteiger partial charge in [-0.15, -0.1) is 11.3 Å². The molecular weight excluding hydrogens is 464 g/mol. The molecule has 170 valence electrons. The quantitative estimate of drug-likeness (QED) is 0.287. The highest BCUT2D eigenvalue weighted by Gasteiger charge is 2.26. The number of aryl methyl sites for hydroxylation is 2. The summed E-state index contributed by atoms with van der Waals surface area (Å²) in [6.07, 6.45) is 2.46. The zero-order chi connectivity index (χ0) is 23.9. The zero-order valence-electron chi connectivity index (χ0n) is 18.4. The molecule has 0 fully saturated rings. The monoisotopic (exact) mass is 485 g/mol. The van der Waals surface area contributed by atoms with Crippen molar-refractivity contribution < 1.29 is 8.78 Å². The number of nitriles is 1. The van der Waals surface area contributed by atoms with E-state index in [4.69, 9.17) is 17.3 Å². The van der Waals surface area contributed by atoms with E-state index in [2.05, 4.69) is 22.2 Å². The molecule has 0 aliphatic heterocycles. The summed E-state index contributed by atoms with van der Waals surface area (Å²) in [5, 5.41) is 14.0. The molecular formula is C24H22ClF2N5S. The van der Waals surface area contributed by atoms with Crippen molar-refractivity contribution in [3.05, 3.63) is 45.7 Å². The van der Waals surface area contributed by atoms with Crippen molar-refractivity contribution in [1.29, 1.82) is 5.26 Å². The van der Waals surface area contributed by atoms with Gasteiger partial charge in [0.25, 0.3) is 0 Å². The molecule has 2 aromatic heterocycles. The van der Waals surface area contributed by atoms with Gasteiger partial charge in [-0.2, -0.15) is 5.26 Å². The molecule has 2 heterocycles. The number of benzene rings is 2. The Bertz CT molecular complexity index is 1440. The van der Waals surface area contributed by atoms with E-state index in [9.17, 15) is 9.65 Å². The number of nitrogens with one attached hydrogen (secondary N) is 1. The molecule has 0 amide bonds. The molecule has 4 aromatic rings. The van der Waals surface area contributed by atoms with Crippen LogP contribution in [0.3, 0.4) is 0 Å². The van der Waals surface area contributed by atoms with Crippen LogP contribution in [0.2, 0.25) is 5.02 Å². The number of unbranched alkanes of at least 4 members (excludes halogenated alkanes) is 1. The maximum absolute atomic E-state index is 16.1. The van der Waals surface area contributed by atoms with Crippen LogP contribution >= 0.6 is 22.9 Å². The lowest BCUT2D eigenvalue weighted by Crippen LogP contribution is -2.09. The molecule has 0 bridgehead atoms. The highest BCUT2D eigenvalue weighted by Crippen LogP contribution is 2.46. The van der Waals surface area contributed by atoms with Gasteiger partial charge in [-0.1, -0.05) is 37.9 Å². The third-order valence-corrected chi connectivity index (χ3v) is 7.14. The predicted octanol–water partition coefficient (Wildman–Crippen LogP) is 6.98. The third-order valence-electron chi connectivity index (χ3n) is 5.64. The van der Waals surface area contributed by atoms with Crippen LogP contribution in [0.15, 0.2) is 12.1 Å². The molecule has 4 rings (SSSR count). The molecule has 2 aromatic carbocycles. The SMILES string of the molecule is CCCCNc1nc(CC)nc2c(F)c(-c3ccc(F)c4sc(N)c(C#N)c34)c(Cl)c(C)c12. The second-order valence-electron chi connectivity index (χ2n) is 7.73. The topological polar surface area (TPSA) is 87.6 Å². The van der Waals surface area contributed by atoms with Crippen LogP contribution in [0.5, 0.6) is 0 Å². The van der Waals surface area contributed by atoms with Gasteiger partial charge < -0.3 is 11.1 Å². The molecule has 0 radical (unpaired) electrons. The second-order valence-corrected chi connectivity index (χ2v) is 9.16. The summed E-state index contributed by atoms with van der Waals surface area (Å²) in [6, 6.07) is 4.69. The fourth-order valence-corrected chi connectivity index (χ4v) is 5.18. The van der Waals surface area contributed by atoms with Crippen LogP contribution < -0.4 is 11.1 Å². The van der Waals surface area contributed by atoms with Gasteiger partial charge >= 0.3 is 0 Å². The number of nitrogens with two attached hydrogens (primary N) is 1. The normalized spacial score (nSPS) is 11.3. The lowest BCUT2D eigenvalue weighted by Gasteiger charge is -2.17. The van der Waals surface area contributed by atoms with Gasteiger partial charge in [-0.25, -0.2) is 18.7 Å². The van der Waals surface area contributed by atoms with Crippen molar-refractivity contribution in [2.24, 2.45) is 0 Å². The molecule has 0 saturated heterocycles. The van der Waals surface area contributed by atoms with Gasteiger partial charge in [-0.3, -0.25) is 0 Å². The number of halogens is 3. The van der Waals surface area contributed by atoms with Crippen molar-refractivity contribution >= 4 is 54.7 Å². The molecule has 0 spiro atoms. The van der Waals surface area contributed by atoms with E-state index in [1.54, 1.807) is 6.92 Å². The molecule has 0 saturated carbocycles. The van der Waals surface area contributed by atoms with Gasteiger partial charge in [0, 0.05) is 23.9 Å². The summed E-state index contributed by atoms with van der Waals surface area (Å²) in [5.41, 5.74) is 7.19. The lowest BCUT2D eigenvalue weighted by atomic mass is 9.95. The Balaban J connectivity index is 2.10. The summed E-state index contributed by atoms with van der Waals surface area (Å²) in [4.78, 5) is 9.04. The Labute approximate surface area is 199 Å². The van der Waals surface area contributed by atoms with E-state index < -0.39 is 11.6 Å². The Hall–Kier alpha value is -3.02. The Morgan fingerprint density at radius 1 is 1.21 bits per heavy atom. The van der Waals surface area contributed by atoms with Crippen LogP contribution in [0.25, 0.3) is 32.1 Å². The van der Waals surface area contributed by atoms with Crippen molar-refractivity contribution in [2.45, 2.75) is 40.0 Å². The highest BCUT2D eigenvalue weighted by molar-refractivity contribution is 7.23. The fraction of sp³-hybridized carbons (Fsp3) is 0.292. The van der Waals surface area contributed by atoms with Crippen LogP contribution in [0.1, 0.15) is 43.6 Å². The smallest absolute Gasteiger partial charge is 0.158 e. The van der Waals surface area contributed by atoms with Crippen LogP contribution in [0, 0.1) is 29.9 Å². The van der Waals surface area contributed by atoms with Gasteiger partial charge in [-0.05, 0) is 30.5 Å². The maximum atomic E-state index is 16.1. The minimum Gasteiger partial charge on any atom is -0.389 e. The first-order chi connectivity index (χ1) is 15.8. The summed E-state index contributed by atoms with van der Waals surface area (Å²) in [5.74, 6) is -0.136. The van der Waals surface area contributed by atoms with Crippen molar-refractivity contribution in [3.8, 4) is 17.2 Å². The Morgan fingerprint density at radius 2 is 1.97 bits per heavy atom. The maximum Gasteiger partial charge on any atom is 0.158 e. The number of thiophene rings is 1. The lowest BCUT2D eigenvalue weighted by molar-refractivity contribution is 0.637. The predicted molar refractivity (Wildman–Crippen MR) is 132 cm³/mol. The first-order valence-electron chi connectivity index (χ1n) is 10.7. The molecule has 0 unspecified atom stereocenters. The number of hydrogen-bond acceptors (Lipinski definition) is 6. The number of rotatable bonds is 6. The highest BCUT2D eigenvalue weighted by atomic mass is 35.5. The van der Waals surface area contributed by atoms with Gasteiger partial charge in [0.2, 0.25) is 0 Å². The molecule has 0 aliphatic carbocycles. The van der Waals surface area contributed by atoms with Crippen molar-refractivity contribution in [3.63, 3.8) is 0 Å². The van der Waals surface area contributed by atoms with Crippen molar-refractivity contribution in [2.75, 3.05) is 17.6 Å².